The van der Waals surface area contributed by atoms with Crippen LogP contribution in [0.5, 0.6) is 0 Å². The van der Waals surface area contributed by atoms with E-state index in [-0.39, 0.29) is 0 Å². The Balaban J connectivity index is 2.53. The van der Waals surface area contributed by atoms with Crippen molar-refractivity contribution in [1.82, 2.24) is 9.29 Å². The van der Waals surface area contributed by atoms with E-state index >= 15 is 0 Å². The largest absolute Gasteiger partial charge is 0.265 e. The average molecular weight is 311 g/mol. The normalized spacial score (nSPS) is 13.4. The summed E-state index contributed by atoms with van der Waals surface area (Å²) < 4.78 is 25.1. The molecule has 0 spiro atoms. The van der Waals surface area contributed by atoms with Gasteiger partial charge in [-0.15, -0.1) is 0 Å². The Kier molecular flexibility index (Phi) is 4.42. The van der Waals surface area contributed by atoms with E-state index in [1.54, 1.807) is 43.7 Å². The summed E-state index contributed by atoms with van der Waals surface area (Å²) in [6.45, 7) is 0. The molecule has 20 heavy (non-hydrogen) atoms. The molecule has 0 fully saturated rings. The topological polar surface area (TPSA) is 50.3 Å². The Bertz CT molecular complexity index is 672. The second kappa shape index (κ2) is 5.91. The van der Waals surface area contributed by atoms with Gasteiger partial charge in [0.1, 0.15) is 0 Å². The van der Waals surface area contributed by atoms with E-state index in [1.165, 1.54) is 10.6 Å². The molecular weight excluding hydrogens is 296 g/mol. The molecule has 106 valence electrons. The maximum Gasteiger partial charge on any atom is 0.211 e. The fourth-order valence-electron chi connectivity index (χ4n) is 1.99. The standard InChI is InChI=1S/C14H15ClN2O2S/c1-17(20(2,18)19)14(12-7-9-16-10-8-12)11-3-5-13(15)6-4-11/h3-10,14H,1-2H3/t14-/m1/s1. The highest BCUT2D eigenvalue weighted by Crippen LogP contribution is 2.29. The van der Waals surface area contributed by atoms with Crippen LogP contribution < -0.4 is 0 Å². The van der Waals surface area contributed by atoms with Gasteiger partial charge in [-0.05, 0) is 35.4 Å². The quantitative estimate of drug-likeness (QED) is 0.872. The fourth-order valence-corrected chi connectivity index (χ4v) is 2.75. The van der Waals surface area contributed by atoms with Gasteiger partial charge in [0.25, 0.3) is 0 Å². The van der Waals surface area contributed by atoms with Crippen molar-refractivity contribution in [2.45, 2.75) is 6.04 Å². The van der Waals surface area contributed by atoms with E-state index in [9.17, 15) is 8.42 Å². The predicted octanol–water partition coefficient (Wildman–Crippen LogP) is 2.72. The monoisotopic (exact) mass is 310 g/mol. The number of hydrogen-bond acceptors (Lipinski definition) is 3. The van der Waals surface area contributed by atoms with E-state index in [2.05, 4.69) is 4.98 Å². The molecule has 2 rings (SSSR count). The molecule has 1 atom stereocenters. The minimum atomic E-state index is -3.33. The van der Waals surface area contributed by atoms with Crippen LogP contribution in [0.25, 0.3) is 0 Å². The van der Waals surface area contributed by atoms with Gasteiger partial charge < -0.3 is 0 Å². The average Bonchev–Trinajstić information content (AvgIpc) is 2.41. The molecule has 0 aliphatic heterocycles. The molecule has 2 aromatic rings. The zero-order valence-electron chi connectivity index (χ0n) is 11.2. The molecule has 1 aromatic carbocycles. The molecule has 4 nitrogen and oxygen atoms in total. The fraction of sp³-hybridized carbons (Fsp3) is 0.214. The molecule has 0 saturated carbocycles. The second-order valence-electron chi connectivity index (χ2n) is 4.51. The van der Waals surface area contributed by atoms with E-state index < -0.39 is 16.1 Å². The maximum atomic E-state index is 11.9. The number of hydrogen-bond donors (Lipinski definition) is 0. The number of sulfonamides is 1. The van der Waals surface area contributed by atoms with Gasteiger partial charge in [0.15, 0.2) is 0 Å². The lowest BCUT2D eigenvalue weighted by atomic mass is 10.00. The van der Waals surface area contributed by atoms with E-state index in [0.717, 1.165) is 11.1 Å². The Morgan fingerprint density at radius 3 is 2.05 bits per heavy atom. The molecule has 0 bridgehead atoms. The molecular formula is C14H15ClN2O2S. The van der Waals surface area contributed by atoms with Gasteiger partial charge in [-0.3, -0.25) is 4.98 Å². The third-order valence-corrected chi connectivity index (χ3v) is 4.60. The molecule has 0 N–H and O–H groups in total. The molecule has 0 radical (unpaired) electrons. The first-order valence-electron chi connectivity index (χ1n) is 5.98. The van der Waals surface area contributed by atoms with Crippen LogP contribution in [0.4, 0.5) is 0 Å². The van der Waals surface area contributed by atoms with Crippen LogP contribution in [0.3, 0.4) is 0 Å². The maximum absolute atomic E-state index is 11.9. The summed E-state index contributed by atoms with van der Waals surface area (Å²) in [7, 11) is -1.76. The first kappa shape index (κ1) is 15.0. The molecule has 6 heteroatoms. The van der Waals surface area contributed by atoms with Crippen molar-refractivity contribution in [1.29, 1.82) is 0 Å². The molecule has 0 saturated heterocycles. The van der Waals surface area contributed by atoms with Gasteiger partial charge in [0.05, 0.1) is 12.3 Å². The summed E-state index contributed by atoms with van der Waals surface area (Å²) in [5.74, 6) is 0. The minimum absolute atomic E-state index is 0.398. The third-order valence-electron chi connectivity index (χ3n) is 3.09. The van der Waals surface area contributed by atoms with Crippen molar-refractivity contribution in [3.63, 3.8) is 0 Å². The van der Waals surface area contributed by atoms with E-state index in [4.69, 9.17) is 11.6 Å². The molecule has 0 aliphatic carbocycles. The van der Waals surface area contributed by atoms with Crippen LogP contribution in [-0.2, 0) is 10.0 Å². The minimum Gasteiger partial charge on any atom is -0.265 e. The zero-order valence-corrected chi connectivity index (χ0v) is 12.8. The van der Waals surface area contributed by atoms with Crippen molar-refractivity contribution in [2.24, 2.45) is 0 Å². The van der Waals surface area contributed by atoms with Gasteiger partial charge in [0.2, 0.25) is 10.0 Å². The number of rotatable bonds is 4. The summed E-state index contributed by atoms with van der Waals surface area (Å²) >= 11 is 5.89. The molecule has 1 heterocycles. The number of benzene rings is 1. The Morgan fingerprint density at radius 2 is 1.55 bits per heavy atom. The van der Waals surface area contributed by atoms with Crippen LogP contribution in [0, 0.1) is 0 Å². The molecule has 0 amide bonds. The lowest BCUT2D eigenvalue weighted by Gasteiger charge is -2.27. The van der Waals surface area contributed by atoms with Crippen molar-refractivity contribution in [3.05, 3.63) is 64.9 Å². The third kappa shape index (κ3) is 3.36. The summed E-state index contributed by atoms with van der Waals surface area (Å²) in [5.41, 5.74) is 1.71. The molecule has 1 aromatic heterocycles. The number of nitrogens with zero attached hydrogens (tertiary/aromatic N) is 2. The van der Waals surface area contributed by atoms with Crippen LogP contribution in [0.1, 0.15) is 17.2 Å². The van der Waals surface area contributed by atoms with Gasteiger partial charge in [-0.2, -0.15) is 4.31 Å². The Labute approximate surface area is 124 Å². The highest BCUT2D eigenvalue weighted by atomic mass is 35.5. The first-order chi connectivity index (χ1) is 9.39. The van der Waals surface area contributed by atoms with Crippen LogP contribution in [-0.4, -0.2) is 31.0 Å². The smallest absolute Gasteiger partial charge is 0.211 e. The molecule has 0 aliphatic rings. The first-order valence-corrected chi connectivity index (χ1v) is 8.20. The van der Waals surface area contributed by atoms with Crippen molar-refractivity contribution < 1.29 is 8.42 Å². The number of halogens is 1. The summed E-state index contributed by atoms with van der Waals surface area (Å²) in [6, 6.07) is 10.4. The summed E-state index contributed by atoms with van der Waals surface area (Å²) in [5, 5.41) is 0.615. The van der Waals surface area contributed by atoms with Crippen molar-refractivity contribution in [3.8, 4) is 0 Å². The summed E-state index contributed by atoms with van der Waals surface area (Å²) in [4.78, 5) is 3.97. The SMILES string of the molecule is CN([C@@H](c1ccncc1)c1ccc(Cl)cc1)S(C)(=O)=O. The van der Waals surface area contributed by atoms with Crippen LogP contribution in [0.2, 0.25) is 5.02 Å². The highest BCUT2D eigenvalue weighted by molar-refractivity contribution is 7.88. The van der Waals surface area contributed by atoms with Gasteiger partial charge >= 0.3 is 0 Å². The second-order valence-corrected chi connectivity index (χ2v) is 6.99. The lowest BCUT2D eigenvalue weighted by molar-refractivity contribution is 0.422. The Hall–Kier alpha value is -1.43. The predicted molar refractivity (Wildman–Crippen MR) is 80.1 cm³/mol. The number of aromatic nitrogens is 1. The van der Waals surface area contributed by atoms with Gasteiger partial charge in [-0.1, -0.05) is 23.7 Å². The highest BCUT2D eigenvalue weighted by Gasteiger charge is 2.25. The molecule has 0 unspecified atom stereocenters. The lowest BCUT2D eigenvalue weighted by Crippen LogP contribution is -2.31. The Morgan fingerprint density at radius 1 is 1.05 bits per heavy atom. The van der Waals surface area contributed by atoms with Crippen molar-refractivity contribution in [2.75, 3.05) is 13.3 Å². The van der Waals surface area contributed by atoms with E-state index in [1.807, 2.05) is 12.1 Å². The zero-order chi connectivity index (χ0) is 14.8. The number of pyridine rings is 1. The summed E-state index contributed by atoms with van der Waals surface area (Å²) in [6.07, 6.45) is 4.49. The van der Waals surface area contributed by atoms with Crippen LogP contribution >= 0.6 is 11.6 Å². The van der Waals surface area contributed by atoms with E-state index in [0.29, 0.717) is 5.02 Å². The van der Waals surface area contributed by atoms with Crippen LogP contribution in [0.15, 0.2) is 48.8 Å². The van der Waals surface area contributed by atoms with Crippen molar-refractivity contribution >= 4 is 21.6 Å². The van der Waals surface area contributed by atoms with Gasteiger partial charge in [-0.25, -0.2) is 8.42 Å². The van der Waals surface area contributed by atoms with Gasteiger partial charge in [0, 0.05) is 24.5 Å².